The summed E-state index contributed by atoms with van der Waals surface area (Å²) in [5, 5.41) is 6.92. The minimum absolute atomic E-state index is 0.242. The maximum Gasteiger partial charge on any atom is 0.123 e. The smallest absolute Gasteiger partial charge is 0.123 e. The van der Waals surface area contributed by atoms with Gasteiger partial charge in [-0.3, -0.25) is 5.10 Å². The lowest BCUT2D eigenvalue weighted by Gasteiger charge is -2.00. The van der Waals surface area contributed by atoms with E-state index in [0.29, 0.717) is 5.88 Å². The predicted molar refractivity (Wildman–Crippen MR) is 58.4 cm³/mol. The Bertz CT molecular complexity index is 436. The standard InChI is InChI=1S/C11H10ClFN2/c12-6-5-9-7-14-15-11(9)8-1-3-10(13)4-2-8/h1-4,7H,5-6H2,(H,14,15). The molecule has 1 aromatic heterocycles. The molecule has 1 aromatic carbocycles. The van der Waals surface area contributed by atoms with E-state index in [0.717, 1.165) is 23.2 Å². The van der Waals surface area contributed by atoms with Crippen LogP contribution in [0.15, 0.2) is 30.5 Å². The zero-order chi connectivity index (χ0) is 10.7. The molecule has 0 spiro atoms. The minimum Gasteiger partial charge on any atom is -0.285 e. The van der Waals surface area contributed by atoms with Crippen LogP contribution in [0.2, 0.25) is 0 Å². The summed E-state index contributed by atoms with van der Waals surface area (Å²) in [6.45, 7) is 0. The molecule has 0 aliphatic carbocycles. The summed E-state index contributed by atoms with van der Waals surface area (Å²) in [7, 11) is 0. The number of benzene rings is 1. The molecule has 4 heteroatoms. The first-order valence-electron chi connectivity index (χ1n) is 4.66. The van der Waals surface area contributed by atoms with Gasteiger partial charge in [-0.25, -0.2) is 4.39 Å². The van der Waals surface area contributed by atoms with Gasteiger partial charge in [0, 0.05) is 17.6 Å². The van der Waals surface area contributed by atoms with E-state index in [1.807, 2.05) is 6.20 Å². The van der Waals surface area contributed by atoms with Crippen LogP contribution in [0.4, 0.5) is 4.39 Å². The van der Waals surface area contributed by atoms with E-state index in [4.69, 9.17) is 11.6 Å². The van der Waals surface area contributed by atoms with Crippen molar-refractivity contribution in [1.29, 1.82) is 0 Å². The molecule has 0 saturated heterocycles. The molecule has 1 N–H and O–H groups in total. The molecule has 78 valence electrons. The molecular weight excluding hydrogens is 215 g/mol. The molecule has 2 rings (SSSR count). The number of aromatic amines is 1. The van der Waals surface area contributed by atoms with Gasteiger partial charge in [0.25, 0.3) is 0 Å². The lowest BCUT2D eigenvalue weighted by molar-refractivity contribution is 0.628. The van der Waals surface area contributed by atoms with Gasteiger partial charge >= 0.3 is 0 Å². The Morgan fingerprint density at radius 3 is 2.67 bits per heavy atom. The third-order valence-electron chi connectivity index (χ3n) is 2.20. The van der Waals surface area contributed by atoms with E-state index in [2.05, 4.69) is 10.2 Å². The second kappa shape index (κ2) is 4.45. The summed E-state index contributed by atoms with van der Waals surface area (Å²) in [6, 6.07) is 6.27. The topological polar surface area (TPSA) is 28.7 Å². The van der Waals surface area contributed by atoms with Crippen LogP contribution in [0.1, 0.15) is 5.56 Å². The molecule has 0 bridgehead atoms. The quantitative estimate of drug-likeness (QED) is 0.798. The number of alkyl halides is 1. The van der Waals surface area contributed by atoms with Crippen molar-refractivity contribution in [2.24, 2.45) is 0 Å². The Hall–Kier alpha value is -1.35. The molecule has 0 radical (unpaired) electrons. The Morgan fingerprint density at radius 2 is 2.00 bits per heavy atom. The molecule has 0 aliphatic heterocycles. The summed E-state index contributed by atoms with van der Waals surface area (Å²) >= 11 is 5.68. The van der Waals surface area contributed by atoms with Crippen molar-refractivity contribution in [3.05, 3.63) is 41.8 Å². The van der Waals surface area contributed by atoms with Crippen molar-refractivity contribution in [2.75, 3.05) is 5.88 Å². The number of H-pyrrole nitrogens is 1. The number of nitrogens with zero attached hydrogens (tertiary/aromatic N) is 1. The van der Waals surface area contributed by atoms with Gasteiger partial charge in [0.15, 0.2) is 0 Å². The van der Waals surface area contributed by atoms with Gasteiger partial charge in [-0.05, 0) is 36.2 Å². The van der Waals surface area contributed by atoms with Crippen molar-refractivity contribution >= 4 is 11.6 Å². The second-order valence-corrected chi connectivity index (χ2v) is 3.58. The molecular formula is C11H10ClFN2. The van der Waals surface area contributed by atoms with Crippen LogP contribution in [0.3, 0.4) is 0 Å². The van der Waals surface area contributed by atoms with Gasteiger partial charge in [-0.2, -0.15) is 5.10 Å². The molecule has 0 atom stereocenters. The first kappa shape index (κ1) is 10.2. The monoisotopic (exact) mass is 224 g/mol. The summed E-state index contributed by atoms with van der Waals surface area (Å²) in [4.78, 5) is 0. The average molecular weight is 225 g/mol. The Balaban J connectivity index is 2.36. The van der Waals surface area contributed by atoms with Gasteiger partial charge in [0.2, 0.25) is 0 Å². The number of hydrogen-bond acceptors (Lipinski definition) is 1. The van der Waals surface area contributed by atoms with Crippen molar-refractivity contribution in [1.82, 2.24) is 10.2 Å². The molecule has 0 unspecified atom stereocenters. The normalized spacial score (nSPS) is 10.5. The molecule has 2 aromatic rings. The van der Waals surface area contributed by atoms with Crippen molar-refractivity contribution in [3.8, 4) is 11.3 Å². The third-order valence-corrected chi connectivity index (χ3v) is 2.39. The number of aryl methyl sites for hydroxylation is 1. The molecule has 0 aliphatic rings. The first-order chi connectivity index (χ1) is 7.31. The van der Waals surface area contributed by atoms with Gasteiger partial charge in [-0.15, -0.1) is 11.6 Å². The highest BCUT2D eigenvalue weighted by atomic mass is 35.5. The Labute approximate surface area is 92.1 Å². The second-order valence-electron chi connectivity index (χ2n) is 3.20. The van der Waals surface area contributed by atoms with Crippen LogP contribution in [0.5, 0.6) is 0 Å². The molecule has 1 heterocycles. The van der Waals surface area contributed by atoms with E-state index < -0.39 is 0 Å². The fourth-order valence-corrected chi connectivity index (χ4v) is 1.67. The maximum atomic E-state index is 12.7. The van der Waals surface area contributed by atoms with Gasteiger partial charge < -0.3 is 0 Å². The maximum absolute atomic E-state index is 12.7. The number of aromatic nitrogens is 2. The fraction of sp³-hybridized carbons (Fsp3) is 0.182. The largest absolute Gasteiger partial charge is 0.285 e. The van der Waals surface area contributed by atoms with E-state index in [9.17, 15) is 4.39 Å². The Kier molecular flexibility index (Phi) is 3.02. The summed E-state index contributed by atoms with van der Waals surface area (Å²) in [5.41, 5.74) is 2.80. The Morgan fingerprint density at radius 1 is 1.27 bits per heavy atom. The van der Waals surface area contributed by atoms with Gasteiger partial charge in [0.05, 0.1) is 5.69 Å². The van der Waals surface area contributed by atoms with E-state index >= 15 is 0 Å². The number of nitrogens with one attached hydrogen (secondary N) is 1. The zero-order valence-corrected chi connectivity index (χ0v) is 8.76. The van der Waals surface area contributed by atoms with Crippen LogP contribution in [-0.2, 0) is 6.42 Å². The van der Waals surface area contributed by atoms with Crippen LogP contribution in [-0.4, -0.2) is 16.1 Å². The molecule has 15 heavy (non-hydrogen) atoms. The zero-order valence-electron chi connectivity index (χ0n) is 8.00. The summed E-state index contributed by atoms with van der Waals surface area (Å²) in [5.74, 6) is 0.307. The van der Waals surface area contributed by atoms with Crippen LogP contribution in [0, 0.1) is 5.82 Å². The lowest BCUT2D eigenvalue weighted by atomic mass is 10.1. The van der Waals surface area contributed by atoms with Crippen molar-refractivity contribution < 1.29 is 4.39 Å². The van der Waals surface area contributed by atoms with Crippen LogP contribution in [0.25, 0.3) is 11.3 Å². The number of hydrogen-bond donors (Lipinski definition) is 1. The van der Waals surface area contributed by atoms with Crippen LogP contribution >= 0.6 is 11.6 Å². The lowest BCUT2D eigenvalue weighted by Crippen LogP contribution is -1.88. The summed E-state index contributed by atoms with van der Waals surface area (Å²) in [6.07, 6.45) is 2.58. The van der Waals surface area contributed by atoms with Gasteiger partial charge in [0.1, 0.15) is 5.82 Å². The summed E-state index contributed by atoms with van der Waals surface area (Å²) < 4.78 is 12.7. The van der Waals surface area contributed by atoms with E-state index in [1.165, 1.54) is 12.1 Å². The van der Waals surface area contributed by atoms with Crippen LogP contribution < -0.4 is 0 Å². The molecule has 0 saturated carbocycles. The fourth-order valence-electron chi connectivity index (χ4n) is 1.46. The third kappa shape index (κ3) is 2.18. The average Bonchev–Trinajstić information content (AvgIpc) is 2.68. The number of rotatable bonds is 3. The van der Waals surface area contributed by atoms with E-state index in [1.54, 1.807) is 12.1 Å². The first-order valence-corrected chi connectivity index (χ1v) is 5.19. The van der Waals surface area contributed by atoms with Gasteiger partial charge in [-0.1, -0.05) is 0 Å². The SMILES string of the molecule is Fc1ccc(-c2n[nH]cc2CCCl)cc1. The number of halogens is 2. The molecule has 0 amide bonds. The molecule has 0 fully saturated rings. The highest BCUT2D eigenvalue weighted by molar-refractivity contribution is 6.18. The van der Waals surface area contributed by atoms with Crippen molar-refractivity contribution in [3.63, 3.8) is 0 Å². The molecule has 2 nitrogen and oxygen atoms in total. The predicted octanol–water partition coefficient (Wildman–Crippen LogP) is 3.00. The highest BCUT2D eigenvalue weighted by Crippen LogP contribution is 2.21. The minimum atomic E-state index is -0.242. The highest BCUT2D eigenvalue weighted by Gasteiger charge is 2.07. The van der Waals surface area contributed by atoms with Crippen molar-refractivity contribution in [2.45, 2.75) is 6.42 Å². The van der Waals surface area contributed by atoms with E-state index in [-0.39, 0.29) is 5.82 Å².